The number of rotatable bonds is 13. The number of halogens is 2. The highest BCUT2D eigenvalue weighted by Gasteiger charge is 2.45. The van der Waals surface area contributed by atoms with Gasteiger partial charge in [0.25, 0.3) is 10.0 Å². The Labute approximate surface area is 394 Å². The SMILES string of the molecule is CC(=O)Nc1nc(C)c(S(=O)(=O)N2Cc3cc4c(cc3C[C@H]2C(=O)N[C@@](C)(Cc2ccc(-c3ccc(C#N)cc3)cc2)C(=O)O)OCC(c2ccc(OCc3ccc(Cl)c(Cl)c3)cc2)O4)s1. The zero-order valence-electron chi connectivity index (χ0n) is 35.6. The standard InChI is InChI=1S/C48H41Cl2N5O9S2/c1-27-45(65-47(52-27)53-28(2)56)66(60,61)55-24-36-21-42-41(63-26-43(64-42)34-13-15-37(16-14-34)62-25-31-8-17-38(49)39(50)18-31)20-35(36)19-40(55)44(57)54-48(3,46(58)59)22-29-4-9-32(10-5-29)33-11-6-30(23-51)7-12-33/h4-18,20-21,40,43H,19,22,24-26H2,1-3H3,(H,54,57)(H,58,59)(H,52,53,56)/t40-,43?,48-/m0/s1. The van der Waals surface area contributed by atoms with Crippen LogP contribution in [0, 0.1) is 18.3 Å². The molecule has 1 aromatic heterocycles. The summed E-state index contributed by atoms with van der Waals surface area (Å²) in [5.74, 6) is -1.20. The summed E-state index contributed by atoms with van der Waals surface area (Å²) in [5.41, 5.74) is 3.90. The molecule has 0 fully saturated rings. The van der Waals surface area contributed by atoms with Crippen LogP contribution in [-0.4, -0.2) is 58.8 Å². The van der Waals surface area contributed by atoms with E-state index in [0.29, 0.717) is 49.5 Å². The minimum absolute atomic E-state index is 0.0670. The molecular weight excluding hydrogens is 926 g/mol. The van der Waals surface area contributed by atoms with Gasteiger partial charge in [-0.1, -0.05) is 89.1 Å². The second-order valence-corrected chi connectivity index (χ2v) is 20.0. The fraction of sp³-hybridized carbons (Fsp3) is 0.229. The number of thiazole rings is 1. The molecule has 66 heavy (non-hydrogen) atoms. The van der Waals surface area contributed by atoms with Gasteiger partial charge in [0.15, 0.2) is 26.9 Å². The van der Waals surface area contributed by atoms with Crippen molar-refractivity contribution in [2.75, 3.05) is 11.9 Å². The van der Waals surface area contributed by atoms with Gasteiger partial charge in [0, 0.05) is 19.9 Å². The van der Waals surface area contributed by atoms with E-state index in [9.17, 15) is 27.9 Å². The number of carboxylic acids is 1. The Morgan fingerprint density at radius 2 is 1.61 bits per heavy atom. The van der Waals surface area contributed by atoms with Crippen molar-refractivity contribution in [3.63, 3.8) is 0 Å². The fourth-order valence-corrected chi connectivity index (χ4v) is 11.2. The molecule has 8 rings (SSSR count). The highest BCUT2D eigenvalue weighted by atomic mass is 35.5. The number of hydrogen-bond donors (Lipinski definition) is 3. The molecule has 2 aliphatic rings. The van der Waals surface area contributed by atoms with E-state index in [1.54, 1.807) is 48.5 Å². The van der Waals surface area contributed by atoms with Gasteiger partial charge in [-0.25, -0.2) is 18.2 Å². The third kappa shape index (κ3) is 9.86. The van der Waals surface area contributed by atoms with E-state index in [0.717, 1.165) is 37.9 Å². The van der Waals surface area contributed by atoms with Crippen LogP contribution in [0.5, 0.6) is 17.2 Å². The number of sulfonamides is 1. The van der Waals surface area contributed by atoms with Gasteiger partial charge in [-0.2, -0.15) is 9.57 Å². The van der Waals surface area contributed by atoms with Crippen LogP contribution in [0.2, 0.25) is 10.0 Å². The average Bonchev–Trinajstić information content (AvgIpc) is 3.68. The van der Waals surface area contributed by atoms with Crippen LogP contribution in [-0.2, 0) is 50.4 Å². The summed E-state index contributed by atoms with van der Waals surface area (Å²) in [7, 11) is -4.51. The number of aromatic nitrogens is 1. The molecule has 0 aliphatic carbocycles. The number of carbonyl (C=O) groups is 3. The first-order valence-corrected chi connectivity index (χ1v) is 23.5. The minimum Gasteiger partial charge on any atom is -0.489 e. The van der Waals surface area contributed by atoms with Gasteiger partial charge >= 0.3 is 5.97 Å². The van der Waals surface area contributed by atoms with Crippen LogP contribution in [0.3, 0.4) is 0 Å². The Balaban J connectivity index is 1.04. The molecule has 338 valence electrons. The summed E-state index contributed by atoms with van der Waals surface area (Å²) in [6.07, 6.45) is -0.773. The maximum absolute atomic E-state index is 14.7. The van der Waals surface area contributed by atoms with Gasteiger partial charge in [-0.15, -0.1) is 0 Å². The van der Waals surface area contributed by atoms with E-state index in [2.05, 4.69) is 21.7 Å². The smallest absolute Gasteiger partial charge is 0.329 e. The lowest BCUT2D eigenvalue weighted by atomic mass is 9.90. The molecule has 6 aromatic rings. The van der Waals surface area contributed by atoms with Gasteiger partial charge in [-0.05, 0) is 108 Å². The van der Waals surface area contributed by atoms with Crippen molar-refractivity contribution < 1.29 is 42.1 Å². The third-order valence-corrected chi connectivity index (χ3v) is 15.5. The van der Waals surface area contributed by atoms with Crippen LogP contribution in [0.25, 0.3) is 11.1 Å². The number of amides is 2. The summed E-state index contributed by atoms with van der Waals surface area (Å²) in [5, 5.41) is 25.9. The lowest BCUT2D eigenvalue weighted by Gasteiger charge is -2.38. The Bertz CT molecular complexity index is 3010. The molecule has 3 heterocycles. The minimum atomic E-state index is -4.51. The third-order valence-electron chi connectivity index (χ3n) is 11.3. The first-order valence-electron chi connectivity index (χ1n) is 20.5. The lowest BCUT2D eigenvalue weighted by Crippen LogP contribution is -2.60. The quantitative estimate of drug-likeness (QED) is 0.100. The second kappa shape index (κ2) is 18.8. The molecule has 0 bridgehead atoms. The number of anilines is 1. The van der Waals surface area contributed by atoms with Crippen molar-refractivity contribution in [1.82, 2.24) is 14.6 Å². The molecule has 0 saturated heterocycles. The van der Waals surface area contributed by atoms with Crippen molar-refractivity contribution in [3.05, 3.63) is 152 Å². The highest BCUT2D eigenvalue weighted by Crippen LogP contribution is 2.43. The van der Waals surface area contributed by atoms with E-state index >= 15 is 0 Å². The molecule has 5 aromatic carbocycles. The van der Waals surface area contributed by atoms with Crippen molar-refractivity contribution in [2.24, 2.45) is 0 Å². The molecule has 0 spiro atoms. The van der Waals surface area contributed by atoms with E-state index in [1.807, 2.05) is 54.6 Å². The zero-order valence-corrected chi connectivity index (χ0v) is 38.8. The zero-order chi connectivity index (χ0) is 46.9. The molecule has 0 radical (unpaired) electrons. The normalized spacial score (nSPS) is 16.5. The van der Waals surface area contributed by atoms with E-state index in [1.165, 1.54) is 20.8 Å². The first kappa shape index (κ1) is 46.1. The summed E-state index contributed by atoms with van der Waals surface area (Å²) in [6.45, 7) is 4.30. The van der Waals surface area contributed by atoms with E-state index in [4.69, 9.17) is 42.7 Å². The fourth-order valence-electron chi connectivity index (χ4n) is 7.76. The van der Waals surface area contributed by atoms with Crippen molar-refractivity contribution in [1.29, 1.82) is 5.26 Å². The number of aryl methyl sites for hydroxylation is 1. The summed E-state index contributed by atoms with van der Waals surface area (Å²) >= 11 is 12.9. The van der Waals surface area contributed by atoms with Crippen LogP contribution >= 0.6 is 34.5 Å². The molecule has 18 heteroatoms. The van der Waals surface area contributed by atoms with Crippen molar-refractivity contribution in [2.45, 2.75) is 68.7 Å². The predicted octanol–water partition coefficient (Wildman–Crippen LogP) is 8.66. The van der Waals surface area contributed by atoms with Gasteiger partial charge < -0.3 is 30.0 Å². The molecular formula is C48H41Cl2N5O9S2. The number of fused-ring (bicyclic) bond motifs is 2. The monoisotopic (exact) mass is 965 g/mol. The van der Waals surface area contributed by atoms with Gasteiger partial charge in [0.1, 0.15) is 30.5 Å². The van der Waals surface area contributed by atoms with Crippen LogP contribution in [0.15, 0.2) is 107 Å². The number of hydrogen-bond acceptors (Lipinski definition) is 11. The summed E-state index contributed by atoms with van der Waals surface area (Å²) in [6, 6.07) is 31.0. The number of benzene rings is 5. The maximum atomic E-state index is 14.7. The van der Waals surface area contributed by atoms with Crippen LogP contribution < -0.4 is 24.8 Å². The Morgan fingerprint density at radius 3 is 2.26 bits per heavy atom. The summed E-state index contributed by atoms with van der Waals surface area (Å²) in [4.78, 5) is 43.6. The molecule has 0 saturated carbocycles. The molecule has 3 atom stereocenters. The Hall–Kier alpha value is -6.48. The van der Waals surface area contributed by atoms with Crippen molar-refractivity contribution >= 4 is 67.5 Å². The number of nitrogens with one attached hydrogen (secondary N) is 2. The van der Waals surface area contributed by atoms with E-state index in [-0.39, 0.29) is 47.6 Å². The van der Waals surface area contributed by atoms with Gasteiger partial charge in [0.05, 0.1) is 27.4 Å². The second-order valence-electron chi connectivity index (χ2n) is 16.1. The number of nitrogens with zero attached hydrogens (tertiary/aromatic N) is 3. The summed E-state index contributed by atoms with van der Waals surface area (Å²) < 4.78 is 48.9. The molecule has 14 nitrogen and oxygen atoms in total. The van der Waals surface area contributed by atoms with Crippen LogP contribution in [0.1, 0.15) is 59.0 Å². The molecule has 1 unspecified atom stereocenters. The Kier molecular flexibility index (Phi) is 13.1. The number of carboxylic acid groups (broad SMARTS) is 1. The predicted molar refractivity (Wildman–Crippen MR) is 248 cm³/mol. The number of carbonyl (C=O) groups excluding carboxylic acids is 2. The van der Waals surface area contributed by atoms with Crippen molar-refractivity contribution in [3.8, 4) is 34.4 Å². The molecule has 2 amide bonds. The van der Waals surface area contributed by atoms with E-state index < -0.39 is 45.5 Å². The number of ether oxygens (including phenoxy) is 3. The topological polar surface area (TPSA) is 197 Å². The first-order chi connectivity index (χ1) is 31.5. The molecule has 2 aliphatic heterocycles. The van der Waals surface area contributed by atoms with Crippen LogP contribution in [0.4, 0.5) is 5.13 Å². The largest absolute Gasteiger partial charge is 0.489 e. The maximum Gasteiger partial charge on any atom is 0.329 e. The van der Waals surface area contributed by atoms with Gasteiger partial charge in [0.2, 0.25) is 11.8 Å². The average molecular weight is 967 g/mol. The Morgan fingerprint density at radius 1 is 0.939 bits per heavy atom. The van der Waals surface area contributed by atoms with Gasteiger partial charge in [-0.3, -0.25) is 9.59 Å². The number of nitriles is 1. The number of aliphatic carboxylic acids is 1. The highest BCUT2D eigenvalue weighted by molar-refractivity contribution is 7.91. The lowest BCUT2D eigenvalue weighted by molar-refractivity contribution is -0.147. The molecule has 3 N–H and O–H groups in total.